The maximum atomic E-state index is 12.5. The molecule has 0 aliphatic rings. The van der Waals surface area contributed by atoms with Crippen LogP contribution in [0.4, 0.5) is 5.69 Å². The van der Waals surface area contributed by atoms with Crippen LogP contribution in [0.5, 0.6) is 0 Å². The largest absolute Gasteiger partial charge is 0.337 e. The Kier molecular flexibility index (Phi) is 4.98. The number of imidazole rings is 1. The van der Waals surface area contributed by atoms with Crippen molar-refractivity contribution < 1.29 is 4.79 Å². The zero-order valence-corrected chi connectivity index (χ0v) is 16.8. The van der Waals surface area contributed by atoms with Gasteiger partial charge in [-0.3, -0.25) is 4.79 Å². The zero-order valence-electron chi connectivity index (χ0n) is 14.6. The first-order valence-corrected chi connectivity index (χ1v) is 9.42. The van der Waals surface area contributed by atoms with Crippen molar-refractivity contribution in [3.05, 3.63) is 74.9 Å². The van der Waals surface area contributed by atoms with Crippen molar-refractivity contribution in [2.45, 2.75) is 6.92 Å². The predicted octanol–water partition coefficient (Wildman–Crippen LogP) is 6.15. The van der Waals surface area contributed by atoms with Crippen molar-refractivity contribution in [2.24, 2.45) is 0 Å². The van der Waals surface area contributed by atoms with Crippen LogP contribution in [-0.2, 0) is 0 Å². The number of fused-ring (bicyclic) bond motifs is 1. The second kappa shape index (κ2) is 7.43. The number of aromatic nitrogens is 3. The molecule has 0 fully saturated rings. The van der Waals surface area contributed by atoms with Gasteiger partial charge in [-0.2, -0.15) is 0 Å². The van der Waals surface area contributed by atoms with E-state index in [1.54, 1.807) is 42.6 Å². The summed E-state index contributed by atoms with van der Waals surface area (Å²) in [6.07, 6.45) is 1.75. The lowest BCUT2D eigenvalue weighted by molar-refractivity contribution is 0.102. The van der Waals surface area contributed by atoms with Crippen LogP contribution >= 0.6 is 34.8 Å². The van der Waals surface area contributed by atoms with Crippen LogP contribution in [0.25, 0.3) is 22.6 Å². The van der Waals surface area contributed by atoms with E-state index in [9.17, 15) is 4.79 Å². The monoisotopic (exact) mass is 430 g/mol. The SMILES string of the molecule is Cc1cnc2nc(-c3cc(NC(=O)c4cc(Cl)cc(Cl)c4)ccc3Cl)[nH]c2c1. The summed E-state index contributed by atoms with van der Waals surface area (Å²) in [5.41, 5.74) is 4.01. The molecule has 5 nitrogen and oxygen atoms in total. The molecule has 28 heavy (non-hydrogen) atoms. The van der Waals surface area contributed by atoms with Gasteiger partial charge in [-0.05, 0) is 55.0 Å². The van der Waals surface area contributed by atoms with Crippen LogP contribution in [0, 0.1) is 6.92 Å². The van der Waals surface area contributed by atoms with Crippen molar-refractivity contribution in [3.8, 4) is 11.4 Å². The molecule has 0 atom stereocenters. The summed E-state index contributed by atoms with van der Waals surface area (Å²) >= 11 is 18.3. The van der Waals surface area contributed by atoms with E-state index in [-0.39, 0.29) is 5.91 Å². The first-order chi connectivity index (χ1) is 13.4. The van der Waals surface area contributed by atoms with Crippen molar-refractivity contribution in [3.63, 3.8) is 0 Å². The summed E-state index contributed by atoms with van der Waals surface area (Å²) in [5.74, 6) is 0.236. The number of carbonyl (C=O) groups is 1. The van der Waals surface area contributed by atoms with Gasteiger partial charge in [-0.1, -0.05) is 34.8 Å². The molecule has 0 spiro atoms. The number of aryl methyl sites for hydroxylation is 1. The Balaban J connectivity index is 1.67. The molecule has 2 aromatic heterocycles. The lowest BCUT2D eigenvalue weighted by Crippen LogP contribution is -2.12. The van der Waals surface area contributed by atoms with Crippen molar-refractivity contribution >= 4 is 57.6 Å². The number of nitrogens with one attached hydrogen (secondary N) is 2. The number of amides is 1. The van der Waals surface area contributed by atoms with E-state index < -0.39 is 0 Å². The number of hydrogen-bond acceptors (Lipinski definition) is 3. The van der Waals surface area contributed by atoms with Crippen LogP contribution < -0.4 is 5.32 Å². The molecule has 4 aromatic rings. The van der Waals surface area contributed by atoms with E-state index in [4.69, 9.17) is 34.8 Å². The molecule has 0 radical (unpaired) electrons. The molecule has 0 saturated heterocycles. The van der Waals surface area contributed by atoms with Crippen LogP contribution in [0.3, 0.4) is 0 Å². The second-order valence-corrected chi connectivity index (χ2v) is 7.56. The lowest BCUT2D eigenvalue weighted by atomic mass is 10.1. The van der Waals surface area contributed by atoms with E-state index in [0.717, 1.165) is 11.1 Å². The number of nitrogens with zero attached hydrogens (tertiary/aromatic N) is 2. The minimum Gasteiger partial charge on any atom is -0.337 e. The smallest absolute Gasteiger partial charge is 0.255 e. The number of halogens is 3. The van der Waals surface area contributed by atoms with Crippen LogP contribution in [0.1, 0.15) is 15.9 Å². The standard InChI is InChI=1S/C20H13Cl3N4O/c1-10-4-17-19(24-9-10)27-18(26-17)15-8-14(2-3-16(15)23)25-20(28)11-5-12(21)7-13(22)6-11/h2-9H,1H3,(H,25,28)(H,24,26,27). The maximum absolute atomic E-state index is 12.5. The highest BCUT2D eigenvalue weighted by Gasteiger charge is 2.13. The number of rotatable bonds is 3. The Labute approximate surface area is 175 Å². The molecule has 0 bridgehead atoms. The van der Waals surface area contributed by atoms with Gasteiger partial charge in [-0.15, -0.1) is 0 Å². The van der Waals surface area contributed by atoms with E-state index in [2.05, 4.69) is 20.3 Å². The third-order valence-electron chi connectivity index (χ3n) is 4.08. The van der Waals surface area contributed by atoms with Gasteiger partial charge in [0.1, 0.15) is 5.82 Å². The van der Waals surface area contributed by atoms with Crippen molar-refractivity contribution in [2.75, 3.05) is 5.32 Å². The predicted molar refractivity (Wildman–Crippen MR) is 113 cm³/mol. The molecule has 0 unspecified atom stereocenters. The van der Waals surface area contributed by atoms with Gasteiger partial charge in [0.05, 0.1) is 10.5 Å². The fraction of sp³-hybridized carbons (Fsp3) is 0.0500. The number of hydrogen-bond donors (Lipinski definition) is 2. The molecule has 8 heteroatoms. The number of anilines is 1. The molecule has 2 heterocycles. The first-order valence-electron chi connectivity index (χ1n) is 8.29. The van der Waals surface area contributed by atoms with Crippen LogP contribution in [-0.4, -0.2) is 20.9 Å². The summed E-state index contributed by atoms with van der Waals surface area (Å²) in [7, 11) is 0. The summed E-state index contributed by atoms with van der Waals surface area (Å²) in [6, 6.07) is 11.8. The van der Waals surface area contributed by atoms with E-state index in [1.807, 2.05) is 13.0 Å². The zero-order chi connectivity index (χ0) is 19.8. The molecular weight excluding hydrogens is 419 g/mol. The van der Waals surface area contributed by atoms with Gasteiger partial charge in [-0.25, -0.2) is 9.97 Å². The third-order valence-corrected chi connectivity index (χ3v) is 4.84. The van der Waals surface area contributed by atoms with Gasteiger partial charge >= 0.3 is 0 Å². The van der Waals surface area contributed by atoms with Crippen molar-refractivity contribution in [1.29, 1.82) is 0 Å². The average molecular weight is 432 g/mol. The average Bonchev–Trinajstić information content (AvgIpc) is 3.05. The highest BCUT2D eigenvalue weighted by molar-refractivity contribution is 6.35. The number of carbonyl (C=O) groups excluding carboxylic acids is 1. The van der Waals surface area contributed by atoms with Crippen LogP contribution in [0.15, 0.2) is 48.7 Å². The molecule has 140 valence electrons. The van der Waals surface area contributed by atoms with Gasteiger partial charge < -0.3 is 10.3 Å². The highest BCUT2D eigenvalue weighted by atomic mass is 35.5. The van der Waals surface area contributed by atoms with Gasteiger partial charge in [0.15, 0.2) is 5.65 Å². The van der Waals surface area contributed by atoms with Gasteiger partial charge in [0.25, 0.3) is 5.91 Å². The molecule has 0 aliphatic heterocycles. The van der Waals surface area contributed by atoms with Gasteiger partial charge in [0, 0.05) is 33.1 Å². The fourth-order valence-corrected chi connectivity index (χ4v) is 3.54. The minimum atomic E-state index is -0.334. The summed E-state index contributed by atoms with van der Waals surface area (Å²) in [4.78, 5) is 24.5. The summed E-state index contributed by atoms with van der Waals surface area (Å²) < 4.78 is 0. The quantitative estimate of drug-likeness (QED) is 0.409. The number of benzene rings is 2. The Morgan fingerprint density at radius 1 is 1.04 bits per heavy atom. The summed E-state index contributed by atoms with van der Waals surface area (Å²) in [6.45, 7) is 1.96. The Bertz CT molecular complexity index is 1200. The molecular formula is C20H13Cl3N4O. The first kappa shape index (κ1) is 18.7. The second-order valence-electron chi connectivity index (χ2n) is 6.28. The molecule has 2 N–H and O–H groups in total. The molecule has 0 aliphatic carbocycles. The van der Waals surface area contributed by atoms with E-state index in [0.29, 0.717) is 43.4 Å². The van der Waals surface area contributed by atoms with E-state index in [1.165, 1.54) is 0 Å². The normalized spacial score (nSPS) is 11.0. The third kappa shape index (κ3) is 3.83. The Hall–Kier alpha value is -2.60. The molecule has 2 aromatic carbocycles. The molecule has 1 amide bonds. The number of pyridine rings is 1. The molecule has 4 rings (SSSR count). The number of H-pyrrole nitrogens is 1. The number of aromatic amines is 1. The Morgan fingerprint density at radius 3 is 2.54 bits per heavy atom. The van der Waals surface area contributed by atoms with E-state index >= 15 is 0 Å². The maximum Gasteiger partial charge on any atom is 0.255 e. The molecule has 0 saturated carbocycles. The van der Waals surface area contributed by atoms with Crippen LogP contribution in [0.2, 0.25) is 15.1 Å². The van der Waals surface area contributed by atoms with Crippen molar-refractivity contribution in [1.82, 2.24) is 15.0 Å². The summed E-state index contributed by atoms with van der Waals surface area (Å²) in [5, 5.41) is 4.10. The lowest BCUT2D eigenvalue weighted by Gasteiger charge is -2.09. The van der Waals surface area contributed by atoms with Gasteiger partial charge in [0.2, 0.25) is 0 Å². The topological polar surface area (TPSA) is 70.7 Å². The Morgan fingerprint density at radius 2 is 1.79 bits per heavy atom. The fourth-order valence-electron chi connectivity index (χ4n) is 2.80. The highest BCUT2D eigenvalue weighted by Crippen LogP contribution is 2.30. The minimum absolute atomic E-state index is 0.334.